The average molecular weight is 302 g/mol. The second-order valence-electron chi connectivity index (χ2n) is 5.20. The Kier molecular flexibility index (Phi) is 3.84. The summed E-state index contributed by atoms with van der Waals surface area (Å²) in [5.41, 5.74) is 2.98. The van der Waals surface area contributed by atoms with Crippen LogP contribution in [-0.4, -0.2) is 12.0 Å². The average Bonchev–Trinajstić information content (AvgIpc) is 2.62. The van der Waals surface area contributed by atoms with Crippen LogP contribution in [-0.2, 0) is 11.2 Å². The molecule has 1 aliphatic heterocycles. The first-order valence-electron chi connectivity index (χ1n) is 6.95. The summed E-state index contributed by atoms with van der Waals surface area (Å²) in [6.45, 7) is 1.94. The summed E-state index contributed by atoms with van der Waals surface area (Å²) < 4.78 is 5.89. The highest BCUT2D eigenvalue weighted by molar-refractivity contribution is 6.30. The Morgan fingerprint density at radius 3 is 2.90 bits per heavy atom. The smallest absolute Gasteiger partial charge is 0.265 e. The summed E-state index contributed by atoms with van der Waals surface area (Å²) in [6, 6.07) is 13.3. The van der Waals surface area contributed by atoms with Crippen molar-refractivity contribution < 1.29 is 9.53 Å². The molecule has 3 rings (SSSR count). The Balaban J connectivity index is 1.81. The zero-order valence-electron chi connectivity index (χ0n) is 11.7. The molecule has 0 saturated carbocycles. The summed E-state index contributed by atoms with van der Waals surface area (Å²) in [4.78, 5) is 12.3. The predicted octanol–water partition coefficient (Wildman–Crippen LogP) is 3.98. The van der Waals surface area contributed by atoms with E-state index in [1.807, 2.05) is 43.3 Å². The van der Waals surface area contributed by atoms with Crippen LogP contribution in [0.15, 0.2) is 42.5 Å². The lowest BCUT2D eigenvalue weighted by atomic mass is 10.1. The van der Waals surface area contributed by atoms with Crippen LogP contribution in [0.4, 0.5) is 5.69 Å². The molecule has 1 atom stereocenters. The molecule has 0 aliphatic carbocycles. The number of fused-ring (bicyclic) bond motifs is 1. The number of ether oxygens (including phenoxy) is 1. The van der Waals surface area contributed by atoms with E-state index in [4.69, 9.17) is 16.3 Å². The topological polar surface area (TPSA) is 38.3 Å². The van der Waals surface area contributed by atoms with E-state index in [-0.39, 0.29) is 5.91 Å². The molecule has 108 valence electrons. The lowest BCUT2D eigenvalue weighted by molar-refractivity contribution is -0.122. The number of para-hydroxylation sites is 1. The second-order valence-corrected chi connectivity index (χ2v) is 5.64. The number of halogens is 1. The maximum absolute atomic E-state index is 12.3. The molecule has 0 bridgehead atoms. The van der Waals surface area contributed by atoms with Crippen molar-refractivity contribution in [1.29, 1.82) is 0 Å². The Morgan fingerprint density at radius 1 is 1.24 bits per heavy atom. The largest absolute Gasteiger partial charge is 0.480 e. The quantitative estimate of drug-likeness (QED) is 0.911. The predicted molar refractivity (Wildman–Crippen MR) is 84.0 cm³/mol. The van der Waals surface area contributed by atoms with Gasteiger partial charge in [-0.25, -0.2) is 0 Å². The monoisotopic (exact) mass is 301 g/mol. The molecule has 1 N–H and O–H groups in total. The molecule has 1 aliphatic rings. The molecule has 2 aromatic rings. The van der Waals surface area contributed by atoms with Gasteiger partial charge in [0, 0.05) is 10.7 Å². The molecule has 0 aromatic heterocycles. The molecule has 3 nitrogen and oxygen atoms in total. The fourth-order valence-electron chi connectivity index (χ4n) is 2.46. The Labute approximate surface area is 128 Å². The van der Waals surface area contributed by atoms with E-state index in [0.29, 0.717) is 17.2 Å². The second kappa shape index (κ2) is 5.78. The third kappa shape index (κ3) is 3.03. The SMILES string of the molecule is Cc1ccc(Cl)cc1OC1CCc2ccccc2NC1=O. The summed E-state index contributed by atoms with van der Waals surface area (Å²) in [7, 11) is 0. The van der Waals surface area contributed by atoms with Crippen molar-refractivity contribution in [3.05, 3.63) is 58.6 Å². The molecule has 1 amide bonds. The third-order valence-corrected chi connectivity index (χ3v) is 3.90. The summed E-state index contributed by atoms with van der Waals surface area (Å²) in [5, 5.41) is 3.53. The number of rotatable bonds is 2. The van der Waals surface area contributed by atoms with Crippen molar-refractivity contribution in [3.63, 3.8) is 0 Å². The van der Waals surface area contributed by atoms with Gasteiger partial charge in [-0.2, -0.15) is 0 Å². The lowest BCUT2D eigenvalue weighted by Crippen LogP contribution is -2.32. The van der Waals surface area contributed by atoms with Crippen LogP contribution in [0.1, 0.15) is 17.5 Å². The van der Waals surface area contributed by atoms with Crippen molar-refractivity contribution in [1.82, 2.24) is 0 Å². The molecule has 1 heterocycles. The zero-order chi connectivity index (χ0) is 14.8. The van der Waals surface area contributed by atoms with E-state index in [9.17, 15) is 4.79 Å². The fraction of sp³-hybridized carbons (Fsp3) is 0.235. The molecule has 0 fully saturated rings. The number of benzene rings is 2. The Hall–Kier alpha value is -2.00. The van der Waals surface area contributed by atoms with Crippen LogP contribution in [0.5, 0.6) is 5.75 Å². The third-order valence-electron chi connectivity index (χ3n) is 3.66. The molecule has 1 unspecified atom stereocenters. The van der Waals surface area contributed by atoms with Gasteiger partial charge < -0.3 is 10.1 Å². The molecule has 0 saturated heterocycles. The van der Waals surface area contributed by atoms with Gasteiger partial charge in [0.1, 0.15) is 5.75 Å². The minimum Gasteiger partial charge on any atom is -0.480 e. The standard InChI is InChI=1S/C17H16ClNO2/c1-11-6-8-13(18)10-16(11)21-15-9-7-12-4-2-3-5-14(12)19-17(15)20/h2-6,8,10,15H,7,9H2,1H3,(H,19,20). The van der Waals surface area contributed by atoms with Gasteiger partial charge in [0.15, 0.2) is 6.10 Å². The van der Waals surface area contributed by atoms with Crippen LogP contribution in [0.25, 0.3) is 0 Å². The minimum absolute atomic E-state index is 0.112. The summed E-state index contributed by atoms with van der Waals surface area (Å²) in [6.07, 6.45) is 0.947. The fourth-order valence-corrected chi connectivity index (χ4v) is 2.62. The van der Waals surface area contributed by atoms with Crippen molar-refractivity contribution in [2.75, 3.05) is 5.32 Å². The zero-order valence-corrected chi connectivity index (χ0v) is 12.5. The van der Waals surface area contributed by atoms with Gasteiger partial charge >= 0.3 is 0 Å². The van der Waals surface area contributed by atoms with Crippen molar-refractivity contribution in [2.45, 2.75) is 25.9 Å². The van der Waals surface area contributed by atoms with Crippen LogP contribution in [0, 0.1) is 6.92 Å². The number of anilines is 1. The number of amides is 1. The van der Waals surface area contributed by atoms with Gasteiger partial charge in [-0.3, -0.25) is 4.79 Å². The van der Waals surface area contributed by atoms with Gasteiger partial charge in [0.2, 0.25) is 0 Å². The van der Waals surface area contributed by atoms with Crippen molar-refractivity contribution >= 4 is 23.2 Å². The highest BCUT2D eigenvalue weighted by Crippen LogP contribution is 2.27. The van der Waals surface area contributed by atoms with E-state index in [2.05, 4.69) is 5.32 Å². The molecular weight excluding hydrogens is 286 g/mol. The minimum atomic E-state index is -0.505. The van der Waals surface area contributed by atoms with Crippen LogP contribution in [0.2, 0.25) is 5.02 Å². The first-order valence-corrected chi connectivity index (χ1v) is 7.33. The van der Waals surface area contributed by atoms with Gasteiger partial charge in [-0.15, -0.1) is 0 Å². The molecular formula is C17H16ClNO2. The number of hydrogen-bond acceptors (Lipinski definition) is 2. The highest BCUT2D eigenvalue weighted by atomic mass is 35.5. The molecule has 0 spiro atoms. The van der Waals surface area contributed by atoms with E-state index in [0.717, 1.165) is 23.2 Å². The van der Waals surface area contributed by atoms with Gasteiger partial charge in [0.25, 0.3) is 5.91 Å². The summed E-state index contributed by atoms with van der Waals surface area (Å²) in [5.74, 6) is 0.549. The Bertz CT molecular complexity index is 684. The number of hydrogen-bond donors (Lipinski definition) is 1. The maximum Gasteiger partial charge on any atom is 0.265 e. The van der Waals surface area contributed by atoms with Crippen LogP contribution >= 0.6 is 11.6 Å². The maximum atomic E-state index is 12.3. The van der Waals surface area contributed by atoms with E-state index < -0.39 is 6.10 Å². The van der Waals surface area contributed by atoms with E-state index >= 15 is 0 Å². The highest BCUT2D eigenvalue weighted by Gasteiger charge is 2.25. The first-order chi connectivity index (χ1) is 10.1. The number of aryl methyl sites for hydroxylation is 2. The molecule has 21 heavy (non-hydrogen) atoms. The van der Waals surface area contributed by atoms with E-state index in [1.165, 1.54) is 0 Å². The van der Waals surface area contributed by atoms with E-state index in [1.54, 1.807) is 6.07 Å². The normalized spacial score (nSPS) is 17.6. The molecule has 4 heteroatoms. The van der Waals surface area contributed by atoms with Crippen LogP contribution in [0.3, 0.4) is 0 Å². The number of carbonyl (C=O) groups excluding carboxylic acids is 1. The molecule has 2 aromatic carbocycles. The summed E-state index contributed by atoms with van der Waals surface area (Å²) >= 11 is 6.00. The van der Waals surface area contributed by atoms with Gasteiger partial charge in [-0.05, 0) is 49.1 Å². The number of nitrogens with one attached hydrogen (secondary N) is 1. The molecule has 0 radical (unpaired) electrons. The van der Waals surface area contributed by atoms with Crippen LogP contribution < -0.4 is 10.1 Å². The Morgan fingerprint density at radius 2 is 2.05 bits per heavy atom. The van der Waals surface area contributed by atoms with Crippen molar-refractivity contribution in [3.8, 4) is 5.75 Å². The first kappa shape index (κ1) is 14.0. The van der Waals surface area contributed by atoms with Gasteiger partial charge in [0.05, 0.1) is 0 Å². The number of carbonyl (C=O) groups is 1. The lowest BCUT2D eigenvalue weighted by Gasteiger charge is -2.17. The van der Waals surface area contributed by atoms with Gasteiger partial charge in [-0.1, -0.05) is 35.9 Å². The van der Waals surface area contributed by atoms with Crippen molar-refractivity contribution in [2.24, 2.45) is 0 Å².